The van der Waals surface area contributed by atoms with Crippen LogP contribution in [-0.4, -0.2) is 31.6 Å². The Balaban J connectivity index is 1.63. The second-order valence-corrected chi connectivity index (χ2v) is 7.03. The van der Waals surface area contributed by atoms with Crippen molar-refractivity contribution in [3.8, 4) is 5.75 Å². The molecule has 2 aromatic rings. The van der Waals surface area contributed by atoms with Gasteiger partial charge < -0.3 is 9.64 Å². The van der Waals surface area contributed by atoms with Crippen LogP contribution in [0.15, 0.2) is 48.5 Å². The zero-order valence-electron chi connectivity index (χ0n) is 14.0. The number of hydrogen-bond acceptors (Lipinski definition) is 2. The highest BCUT2D eigenvalue weighted by molar-refractivity contribution is 5.45. The number of likely N-dealkylation sites (tertiary alicyclic amines) is 1. The summed E-state index contributed by atoms with van der Waals surface area (Å²) >= 11 is 0. The van der Waals surface area contributed by atoms with E-state index in [1.54, 1.807) is 7.11 Å². The molecule has 0 bridgehead atoms. The molecule has 4 rings (SSSR count). The second kappa shape index (κ2) is 6.01. The molecule has 1 heterocycles. The molecule has 2 nitrogen and oxygen atoms in total. The van der Waals surface area contributed by atoms with Gasteiger partial charge in [0.15, 0.2) is 0 Å². The predicted octanol–water partition coefficient (Wildman–Crippen LogP) is 3.90. The molecule has 23 heavy (non-hydrogen) atoms. The van der Waals surface area contributed by atoms with E-state index < -0.39 is 0 Å². The summed E-state index contributed by atoms with van der Waals surface area (Å²) < 4.78 is 5.60. The largest absolute Gasteiger partial charge is 0.496 e. The van der Waals surface area contributed by atoms with E-state index in [-0.39, 0.29) is 0 Å². The molecule has 0 radical (unpaired) electrons. The first-order valence-electron chi connectivity index (χ1n) is 8.68. The van der Waals surface area contributed by atoms with E-state index in [0.29, 0.717) is 12.0 Å². The van der Waals surface area contributed by atoms with Crippen molar-refractivity contribution in [2.24, 2.45) is 5.92 Å². The van der Waals surface area contributed by atoms with Crippen molar-refractivity contribution in [3.63, 3.8) is 0 Å². The summed E-state index contributed by atoms with van der Waals surface area (Å²) in [4.78, 5) is 2.58. The molecule has 0 amide bonds. The number of hydrogen-bond donors (Lipinski definition) is 0. The van der Waals surface area contributed by atoms with Gasteiger partial charge in [-0.15, -0.1) is 0 Å². The standard InChI is InChI=1S/C21H25NO/c1-22-14-19-16-9-6-10-21(23-2)18(16)12-11-17(19)20(22)13-15-7-4-3-5-8-15/h3-10,17,19-20H,11-14H2,1-2H3. The van der Waals surface area contributed by atoms with Crippen molar-refractivity contribution in [3.05, 3.63) is 65.2 Å². The summed E-state index contributed by atoms with van der Waals surface area (Å²) in [7, 11) is 4.09. The molecule has 2 aliphatic rings. The van der Waals surface area contributed by atoms with Crippen molar-refractivity contribution < 1.29 is 4.74 Å². The van der Waals surface area contributed by atoms with E-state index in [1.807, 2.05) is 0 Å². The molecule has 1 aliphatic carbocycles. The van der Waals surface area contributed by atoms with Crippen LogP contribution in [0.25, 0.3) is 0 Å². The van der Waals surface area contributed by atoms with Crippen LogP contribution in [-0.2, 0) is 12.8 Å². The molecular formula is C21H25NO. The summed E-state index contributed by atoms with van der Waals surface area (Å²) in [5, 5.41) is 0. The lowest BCUT2D eigenvalue weighted by Gasteiger charge is -2.32. The molecule has 2 heteroatoms. The Hall–Kier alpha value is -1.80. The fourth-order valence-corrected chi connectivity index (χ4v) is 4.76. The van der Waals surface area contributed by atoms with Crippen LogP contribution in [0, 0.1) is 5.92 Å². The van der Waals surface area contributed by atoms with E-state index >= 15 is 0 Å². The van der Waals surface area contributed by atoms with Gasteiger partial charge in [-0.3, -0.25) is 0 Å². The van der Waals surface area contributed by atoms with Gasteiger partial charge in [0.1, 0.15) is 5.75 Å². The Labute approximate surface area is 139 Å². The number of fused-ring (bicyclic) bond motifs is 3. The minimum atomic E-state index is 0.654. The molecule has 0 saturated carbocycles. The van der Waals surface area contributed by atoms with Gasteiger partial charge in [-0.1, -0.05) is 42.5 Å². The normalized spacial score (nSPS) is 26.6. The fraction of sp³-hybridized carbons (Fsp3) is 0.429. The molecule has 1 fully saturated rings. The van der Waals surface area contributed by atoms with Crippen molar-refractivity contribution in [1.82, 2.24) is 4.90 Å². The summed E-state index contributed by atoms with van der Waals surface area (Å²) in [6.07, 6.45) is 3.59. The highest BCUT2D eigenvalue weighted by Gasteiger charge is 2.43. The van der Waals surface area contributed by atoms with Crippen LogP contribution in [0.5, 0.6) is 5.75 Å². The van der Waals surface area contributed by atoms with Gasteiger partial charge >= 0.3 is 0 Å². The number of rotatable bonds is 3. The quantitative estimate of drug-likeness (QED) is 0.853. The highest BCUT2D eigenvalue weighted by Crippen LogP contribution is 2.47. The maximum Gasteiger partial charge on any atom is 0.122 e. The molecule has 1 saturated heterocycles. The Morgan fingerprint density at radius 2 is 1.91 bits per heavy atom. The van der Waals surface area contributed by atoms with Crippen molar-refractivity contribution in [1.29, 1.82) is 0 Å². The van der Waals surface area contributed by atoms with E-state index in [2.05, 4.69) is 60.5 Å². The molecule has 0 aromatic heterocycles. The third-order valence-electron chi connectivity index (χ3n) is 5.87. The van der Waals surface area contributed by atoms with Crippen LogP contribution in [0.3, 0.4) is 0 Å². The van der Waals surface area contributed by atoms with Gasteiger partial charge in [-0.25, -0.2) is 0 Å². The molecule has 120 valence electrons. The Morgan fingerprint density at radius 3 is 2.70 bits per heavy atom. The Bertz CT molecular complexity index is 681. The lowest BCUT2D eigenvalue weighted by Crippen LogP contribution is -2.32. The Kier molecular flexibility index (Phi) is 3.86. The van der Waals surface area contributed by atoms with Crippen molar-refractivity contribution >= 4 is 0 Å². The lowest BCUT2D eigenvalue weighted by molar-refractivity contribution is 0.258. The molecule has 3 atom stereocenters. The maximum absolute atomic E-state index is 5.60. The third kappa shape index (κ3) is 2.55. The number of nitrogens with zero attached hydrogens (tertiary/aromatic N) is 1. The summed E-state index contributed by atoms with van der Waals surface area (Å²) in [5.41, 5.74) is 4.44. The van der Waals surface area contributed by atoms with Crippen molar-refractivity contribution in [2.45, 2.75) is 31.2 Å². The van der Waals surface area contributed by atoms with Gasteiger partial charge in [0.05, 0.1) is 7.11 Å². The SMILES string of the molecule is COc1cccc2c1CCC1C2CN(C)C1Cc1ccccc1. The maximum atomic E-state index is 5.60. The van der Waals surface area contributed by atoms with Gasteiger partial charge in [-0.05, 0) is 55.0 Å². The molecule has 1 aliphatic heterocycles. The summed E-state index contributed by atoms with van der Waals surface area (Å²) in [6, 6.07) is 18.2. The monoisotopic (exact) mass is 307 g/mol. The van der Waals surface area contributed by atoms with E-state index in [0.717, 1.165) is 24.5 Å². The molecular weight excluding hydrogens is 282 g/mol. The number of ether oxygens (including phenoxy) is 1. The minimum Gasteiger partial charge on any atom is -0.496 e. The zero-order valence-corrected chi connectivity index (χ0v) is 14.0. The molecule has 3 unspecified atom stereocenters. The second-order valence-electron chi connectivity index (χ2n) is 7.03. The van der Waals surface area contributed by atoms with E-state index in [4.69, 9.17) is 4.74 Å². The lowest BCUT2D eigenvalue weighted by atomic mass is 9.73. The van der Waals surface area contributed by atoms with Gasteiger partial charge in [-0.2, -0.15) is 0 Å². The number of benzene rings is 2. The Morgan fingerprint density at radius 1 is 1.09 bits per heavy atom. The highest BCUT2D eigenvalue weighted by atomic mass is 16.5. The van der Waals surface area contributed by atoms with Crippen molar-refractivity contribution in [2.75, 3.05) is 20.7 Å². The van der Waals surface area contributed by atoms with Crippen LogP contribution >= 0.6 is 0 Å². The average molecular weight is 307 g/mol. The minimum absolute atomic E-state index is 0.654. The zero-order chi connectivity index (χ0) is 15.8. The van der Waals surface area contributed by atoms with Crippen LogP contribution in [0.4, 0.5) is 0 Å². The fourth-order valence-electron chi connectivity index (χ4n) is 4.76. The van der Waals surface area contributed by atoms with Crippen LogP contribution in [0.2, 0.25) is 0 Å². The third-order valence-corrected chi connectivity index (χ3v) is 5.87. The van der Waals surface area contributed by atoms with E-state index in [1.165, 1.54) is 29.7 Å². The molecule has 0 spiro atoms. The number of likely N-dealkylation sites (N-methyl/N-ethyl adjacent to an activating group) is 1. The summed E-state index contributed by atoms with van der Waals surface area (Å²) in [5.74, 6) is 2.50. The first-order chi connectivity index (χ1) is 11.3. The van der Waals surface area contributed by atoms with Gasteiger partial charge in [0.2, 0.25) is 0 Å². The van der Waals surface area contributed by atoms with Gasteiger partial charge in [0.25, 0.3) is 0 Å². The topological polar surface area (TPSA) is 12.5 Å². The van der Waals surface area contributed by atoms with Crippen LogP contribution in [0.1, 0.15) is 29.0 Å². The van der Waals surface area contributed by atoms with Gasteiger partial charge in [0, 0.05) is 18.5 Å². The smallest absolute Gasteiger partial charge is 0.122 e. The van der Waals surface area contributed by atoms with Crippen LogP contribution < -0.4 is 4.74 Å². The van der Waals surface area contributed by atoms with E-state index in [9.17, 15) is 0 Å². The number of methoxy groups -OCH3 is 1. The molecule has 2 aromatic carbocycles. The predicted molar refractivity (Wildman–Crippen MR) is 94.1 cm³/mol. The molecule has 0 N–H and O–H groups in total. The average Bonchev–Trinajstić information content (AvgIpc) is 2.91. The first-order valence-corrected chi connectivity index (χ1v) is 8.68. The summed E-state index contributed by atoms with van der Waals surface area (Å²) in [6.45, 7) is 1.17. The first kappa shape index (κ1) is 14.8.